The molecular formula is C26H27N5O5S. The molecule has 1 N–H and O–H groups in total. The van der Waals surface area contributed by atoms with Crippen molar-refractivity contribution in [2.45, 2.75) is 11.4 Å². The molecule has 4 rings (SSSR count). The summed E-state index contributed by atoms with van der Waals surface area (Å²) in [4.78, 5) is 47.4. The molecule has 0 aliphatic carbocycles. The van der Waals surface area contributed by atoms with E-state index in [-0.39, 0.29) is 28.5 Å². The average molecular weight is 522 g/mol. The summed E-state index contributed by atoms with van der Waals surface area (Å²) in [7, 11) is 6.00. The van der Waals surface area contributed by atoms with Gasteiger partial charge in [0, 0.05) is 26.2 Å². The predicted octanol–water partition coefficient (Wildman–Crippen LogP) is 2.16. The number of carbonyl (C=O) groups excluding carboxylic acids is 1. The zero-order chi connectivity index (χ0) is 26.5. The molecular weight excluding hydrogens is 494 g/mol. The highest BCUT2D eigenvalue weighted by molar-refractivity contribution is 8.00. The maximum Gasteiger partial charge on any atom is 0.332 e. The lowest BCUT2D eigenvalue weighted by Gasteiger charge is -2.13. The number of hydrogen-bond donors (Lipinski definition) is 1. The van der Waals surface area contributed by atoms with E-state index in [1.54, 1.807) is 25.2 Å². The molecule has 37 heavy (non-hydrogen) atoms. The summed E-state index contributed by atoms with van der Waals surface area (Å²) in [6.45, 7) is 0.487. The van der Waals surface area contributed by atoms with Gasteiger partial charge in [0.2, 0.25) is 5.91 Å². The highest BCUT2D eigenvalue weighted by atomic mass is 32.2. The molecule has 0 aliphatic heterocycles. The Hall–Kier alpha value is -4.12. The SMILES string of the molecule is COc1ccc(-c2nc(SCC(=O)NCCc3ccccc3)c3c(=O)n(C)c(=O)n(C)c3n2)cc1OC. The largest absolute Gasteiger partial charge is 0.493 e. The van der Waals surface area contributed by atoms with Gasteiger partial charge in [-0.2, -0.15) is 0 Å². The Morgan fingerprint density at radius 2 is 1.70 bits per heavy atom. The predicted molar refractivity (Wildman–Crippen MR) is 142 cm³/mol. The average Bonchev–Trinajstić information content (AvgIpc) is 2.93. The second-order valence-electron chi connectivity index (χ2n) is 8.20. The quantitative estimate of drug-likeness (QED) is 0.263. The van der Waals surface area contributed by atoms with Crippen LogP contribution in [0.5, 0.6) is 11.5 Å². The molecule has 4 aromatic rings. The van der Waals surface area contributed by atoms with Gasteiger partial charge in [-0.05, 0) is 30.2 Å². The Morgan fingerprint density at radius 1 is 0.973 bits per heavy atom. The number of aryl methyl sites for hydroxylation is 1. The zero-order valence-corrected chi connectivity index (χ0v) is 21.8. The van der Waals surface area contributed by atoms with E-state index in [0.717, 1.165) is 21.9 Å². The first-order valence-corrected chi connectivity index (χ1v) is 12.5. The first-order valence-electron chi connectivity index (χ1n) is 11.5. The Morgan fingerprint density at radius 3 is 2.41 bits per heavy atom. The lowest BCUT2D eigenvalue weighted by molar-refractivity contribution is -0.118. The normalized spacial score (nSPS) is 10.9. The number of nitrogens with zero attached hydrogens (tertiary/aromatic N) is 4. The fraction of sp³-hybridized carbons (Fsp3) is 0.269. The number of carbonyl (C=O) groups is 1. The number of methoxy groups -OCH3 is 2. The maximum absolute atomic E-state index is 13.0. The fourth-order valence-electron chi connectivity index (χ4n) is 3.81. The van der Waals surface area contributed by atoms with Crippen molar-refractivity contribution in [2.24, 2.45) is 14.1 Å². The first kappa shape index (κ1) is 26.0. The van der Waals surface area contributed by atoms with Gasteiger partial charge >= 0.3 is 5.69 Å². The van der Waals surface area contributed by atoms with Crippen LogP contribution in [0.1, 0.15) is 5.56 Å². The topological polar surface area (TPSA) is 117 Å². The summed E-state index contributed by atoms with van der Waals surface area (Å²) in [5.74, 6) is 1.15. The van der Waals surface area contributed by atoms with Crippen LogP contribution in [0.25, 0.3) is 22.4 Å². The number of hydrogen-bond acceptors (Lipinski definition) is 8. The van der Waals surface area contributed by atoms with E-state index in [1.807, 2.05) is 30.3 Å². The summed E-state index contributed by atoms with van der Waals surface area (Å²) in [5, 5.41) is 3.38. The number of rotatable bonds is 9. The molecule has 0 spiro atoms. The summed E-state index contributed by atoms with van der Waals surface area (Å²) in [6.07, 6.45) is 0.708. The zero-order valence-electron chi connectivity index (χ0n) is 21.0. The molecule has 10 nitrogen and oxygen atoms in total. The highest BCUT2D eigenvalue weighted by Crippen LogP contribution is 2.32. The van der Waals surface area contributed by atoms with Crippen LogP contribution in [-0.4, -0.2) is 51.5 Å². The number of aromatic nitrogens is 4. The van der Waals surface area contributed by atoms with Gasteiger partial charge in [0.05, 0.1) is 20.0 Å². The lowest BCUT2D eigenvalue weighted by atomic mass is 10.1. The van der Waals surface area contributed by atoms with Crippen LogP contribution >= 0.6 is 11.8 Å². The molecule has 192 valence electrons. The summed E-state index contributed by atoms with van der Waals surface area (Å²) in [6, 6.07) is 15.1. The summed E-state index contributed by atoms with van der Waals surface area (Å²) in [5.41, 5.74) is 0.871. The number of amides is 1. The van der Waals surface area contributed by atoms with Crippen LogP contribution in [0, 0.1) is 0 Å². The molecule has 2 aromatic carbocycles. The standard InChI is InChI=1S/C26H27N5O5S/c1-30-23-21(25(33)31(2)26(30)34)24(37-15-20(32)27-13-12-16-8-6-5-7-9-16)29-22(28-23)17-10-11-18(35-3)19(14-17)36-4/h5-11,14H,12-13,15H2,1-4H3,(H,27,32). The van der Waals surface area contributed by atoms with E-state index in [1.165, 1.54) is 25.8 Å². The summed E-state index contributed by atoms with van der Waals surface area (Å²) >= 11 is 1.12. The molecule has 0 atom stereocenters. The second-order valence-corrected chi connectivity index (χ2v) is 9.16. The van der Waals surface area contributed by atoms with E-state index >= 15 is 0 Å². The van der Waals surface area contributed by atoms with Crippen LogP contribution in [-0.2, 0) is 25.3 Å². The van der Waals surface area contributed by atoms with E-state index in [4.69, 9.17) is 9.47 Å². The second kappa shape index (κ2) is 11.3. The van der Waals surface area contributed by atoms with E-state index in [0.29, 0.717) is 35.1 Å². The van der Waals surface area contributed by atoms with Gasteiger partial charge in [0.1, 0.15) is 10.4 Å². The van der Waals surface area contributed by atoms with Gasteiger partial charge in [0.25, 0.3) is 5.56 Å². The van der Waals surface area contributed by atoms with Gasteiger partial charge < -0.3 is 14.8 Å². The van der Waals surface area contributed by atoms with Crippen molar-refractivity contribution in [2.75, 3.05) is 26.5 Å². The van der Waals surface area contributed by atoms with Crippen LogP contribution < -0.4 is 26.0 Å². The molecule has 0 aliphatic rings. The molecule has 0 saturated heterocycles. The molecule has 0 radical (unpaired) electrons. The van der Waals surface area contributed by atoms with E-state index < -0.39 is 11.2 Å². The number of thioether (sulfide) groups is 1. The molecule has 2 heterocycles. The van der Waals surface area contributed by atoms with E-state index in [2.05, 4.69) is 15.3 Å². The van der Waals surface area contributed by atoms with Crippen LogP contribution in [0.2, 0.25) is 0 Å². The Kier molecular flexibility index (Phi) is 7.92. The molecule has 0 saturated carbocycles. The van der Waals surface area contributed by atoms with Crippen molar-refractivity contribution in [1.82, 2.24) is 24.4 Å². The minimum Gasteiger partial charge on any atom is -0.493 e. The van der Waals surface area contributed by atoms with Crippen LogP contribution in [0.3, 0.4) is 0 Å². The van der Waals surface area contributed by atoms with Gasteiger partial charge in [0.15, 0.2) is 23.0 Å². The van der Waals surface area contributed by atoms with Gasteiger partial charge in [-0.3, -0.25) is 18.7 Å². The van der Waals surface area contributed by atoms with Crippen molar-refractivity contribution in [3.63, 3.8) is 0 Å². The van der Waals surface area contributed by atoms with Crippen molar-refractivity contribution in [1.29, 1.82) is 0 Å². The molecule has 0 fully saturated rings. The maximum atomic E-state index is 13.0. The van der Waals surface area contributed by atoms with Crippen LogP contribution in [0.15, 0.2) is 63.1 Å². The fourth-order valence-corrected chi connectivity index (χ4v) is 4.66. The van der Waals surface area contributed by atoms with Gasteiger partial charge in [-0.15, -0.1) is 0 Å². The minimum absolute atomic E-state index is 0.0400. The molecule has 2 aromatic heterocycles. The van der Waals surface area contributed by atoms with E-state index in [9.17, 15) is 14.4 Å². The van der Waals surface area contributed by atoms with Crippen molar-refractivity contribution >= 4 is 28.7 Å². The summed E-state index contributed by atoms with van der Waals surface area (Å²) < 4.78 is 13.0. The molecule has 0 unspecified atom stereocenters. The third-order valence-electron chi connectivity index (χ3n) is 5.83. The number of fused-ring (bicyclic) bond motifs is 1. The minimum atomic E-state index is -0.524. The third kappa shape index (κ3) is 5.51. The lowest BCUT2D eigenvalue weighted by Crippen LogP contribution is -2.37. The molecule has 1 amide bonds. The Balaban J connectivity index is 1.67. The van der Waals surface area contributed by atoms with Crippen molar-refractivity contribution in [3.8, 4) is 22.9 Å². The molecule has 0 bridgehead atoms. The van der Waals surface area contributed by atoms with Crippen molar-refractivity contribution in [3.05, 3.63) is 74.9 Å². The Labute approximate surface area is 217 Å². The number of benzene rings is 2. The first-order chi connectivity index (χ1) is 17.8. The van der Waals surface area contributed by atoms with Gasteiger partial charge in [-0.1, -0.05) is 42.1 Å². The monoisotopic (exact) mass is 521 g/mol. The highest BCUT2D eigenvalue weighted by Gasteiger charge is 2.20. The number of nitrogens with one attached hydrogen (secondary N) is 1. The Bertz CT molecular complexity index is 1570. The van der Waals surface area contributed by atoms with Crippen LogP contribution in [0.4, 0.5) is 0 Å². The third-order valence-corrected chi connectivity index (χ3v) is 6.80. The van der Waals surface area contributed by atoms with Crippen molar-refractivity contribution < 1.29 is 14.3 Å². The molecule has 11 heteroatoms. The smallest absolute Gasteiger partial charge is 0.332 e. The van der Waals surface area contributed by atoms with Gasteiger partial charge in [-0.25, -0.2) is 14.8 Å². The number of ether oxygens (including phenoxy) is 2.